The van der Waals surface area contributed by atoms with Gasteiger partial charge in [-0.1, -0.05) is 66.7 Å². The Morgan fingerprint density at radius 2 is 1.61 bits per heavy atom. The van der Waals surface area contributed by atoms with Crippen molar-refractivity contribution in [1.82, 2.24) is 0 Å². The second-order valence-electron chi connectivity index (χ2n) is 4.59. The minimum absolute atomic E-state index is 0.195. The Labute approximate surface area is 108 Å². The summed E-state index contributed by atoms with van der Waals surface area (Å²) in [5, 5.41) is 0. The van der Waals surface area contributed by atoms with Crippen LogP contribution in [-0.2, 0) is 17.8 Å². The van der Waals surface area contributed by atoms with Crippen LogP contribution >= 0.6 is 0 Å². The van der Waals surface area contributed by atoms with Gasteiger partial charge in [-0.15, -0.1) is 0 Å². The van der Waals surface area contributed by atoms with Crippen LogP contribution in [0.25, 0.3) is 6.08 Å². The summed E-state index contributed by atoms with van der Waals surface area (Å²) in [5.74, 6) is 0. The SMILES string of the molecule is C(=C\[C@@H]1Cc2ccccc2CO1)/c1ccccc1. The third-order valence-electron chi connectivity index (χ3n) is 3.30. The van der Waals surface area contributed by atoms with E-state index in [2.05, 4.69) is 60.7 Å². The van der Waals surface area contributed by atoms with Gasteiger partial charge in [0.2, 0.25) is 0 Å². The Morgan fingerprint density at radius 3 is 2.44 bits per heavy atom. The number of benzene rings is 2. The summed E-state index contributed by atoms with van der Waals surface area (Å²) in [7, 11) is 0. The lowest BCUT2D eigenvalue weighted by Crippen LogP contribution is -2.19. The van der Waals surface area contributed by atoms with E-state index in [0.717, 1.165) is 13.0 Å². The maximum Gasteiger partial charge on any atom is 0.0804 e. The first-order valence-electron chi connectivity index (χ1n) is 6.33. The molecule has 18 heavy (non-hydrogen) atoms. The summed E-state index contributed by atoms with van der Waals surface area (Å²) in [6.07, 6.45) is 5.46. The predicted octanol–water partition coefficient (Wildman–Crippen LogP) is 3.84. The molecule has 1 atom stereocenters. The molecule has 0 unspecified atom stereocenters. The summed E-state index contributed by atoms with van der Waals surface area (Å²) >= 11 is 0. The minimum atomic E-state index is 0.195. The highest BCUT2D eigenvalue weighted by Crippen LogP contribution is 2.21. The van der Waals surface area contributed by atoms with Gasteiger partial charge in [-0.3, -0.25) is 0 Å². The van der Waals surface area contributed by atoms with Crippen molar-refractivity contribution in [2.75, 3.05) is 0 Å². The van der Waals surface area contributed by atoms with Crippen LogP contribution in [0.4, 0.5) is 0 Å². The first-order valence-corrected chi connectivity index (χ1v) is 6.33. The second-order valence-corrected chi connectivity index (χ2v) is 4.59. The van der Waals surface area contributed by atoms with Crippen molar-refractivity contribution in [1.29, 1.82) is 0 Å². The van der Waals surface area contributed by atoms with E-state index in [0.29, 0.717) is 0 Å². The quantitative estimate of drug-likeness (QED) is 0.769. The van der Waals surface area contributed by atoms with Gasteiger partial charge >= 0.3 is 0 Å². The molecule has 0 spiro atoms. The molecule has 0 fully saturated rings. The molecule has 0 bridgehead atoms. The molecule has 1 aliphatic rings. The van der Waals surface area contributed by atoms with E-state index in [-0.39, 0.29) is 6.10 Å². The van der Waals surface area contributed by atoms with Crippen LogP contribution in [0.2, 0.25) is 0 Å². The van der Waals surface area contributed by atoms with Gasteiger partial charge in [-0.25, -0.2) is 0 Å². The van der Waals surface area contributed by atoms with Crippen molar-refractivity contribution in [2.24, 2.45) is 0 Å². The lowest BCUT2D eigenvalue weighted by Gasteiger charge is -2.22. The molecule has 3 rings (SSSR count). The summed E-state index contributed by atoms with van der Waals surface area (Å²) < 4.78 is 5.84. The fourth-order valence-corrected chi connectivity index (χ4v) is 2.28. The van der Waals surface area contributed by atoms with E-state index in [1.54, 1.807) is 0 Å². The average Bonchev–Trinajstić information content (AvgIpc) is 2.46. The number of fused-ring (bicyclic) bond motifs is 1. The van der Waals surface area contributed by atoms with Crippen molar-refractivity contribution in [3.63, 3.8) is 0 Å². The Kier molecular flexibility index (Phi) is 3.24. The van der Waals surface area contributed by atoms with Crippen LogP contribution < -0.4 is 0 Å². The fraction of sp³-hybridized carbons (Fsp3) is 0.176. The van der Waals surface area contributed by atoms with Crippen molar-refractivity contribution in [3.8, 4) is 0 Å². The van der Waals surface area contributed by atoms with Gasteiger partial charge in [0.15, 0.2) is 0 Å². The second kappa shape index (κ2) is 5.19. The van der Waals surface area contributed by atoms with Gasteiger partial charge in [0, 0.05) is 6.42 Å². The van der Waals surface area contributed by atoms with E-state index in [9.17, 15) is 0 Å². The lowest BCUT2D eigenvalue weighted by molar-refractivity contribution is 0.0600. The Balaban J connectivity index is 1.72. The molecule has 2 aromatic carbocycles. The van der Waals surface area contributed by atoms with Crippen LogP contribution in [0.15, 0.2) is 60.7 Å². The number of rotatable bonds is 2. The van der Waals surface area contributed by atoms with Crippen LogP contribution in [0.1, 0.15) is 16.7 Å². The molecule has 0 saturated heterocycles. The molecule has 0 radical (unpaired) electrons. The Morgan fingerprint density at radius 1 is 0.889 bits per heavy atom. The van der Waals surface area contributed by atoms with Crippen LogP contribution in [-0.4, -0.2) is 6.10 Å². The standard InChI is InChI=1S/C17H16O/c1-2-6-14(7-3-1)10-11-17-12-15-8-4-5-9-16(15)13-18-17/h1-11,17H,12-13H2/b11-10+/t17-/m1/s1. The van der Waals surface area contributed by atoms with Gasteiger partial charge in [0.1, 0.15) is 0 Å². The molecule has 90 valence electrons. The highest BCUT2D eigenvalue weighted by atomic mass is 16.5. The zero-order valence-electron chi connectivity index (χ0n) is 10.3. The highest BCUT2D eigenvalue weighted by molar-refractivity contribution is 5.49. The van der Waals surface area contributed by atoms with Crippen LogP contribution in [0.5, 0.6) is 0 Å². The molecule has 1 heteroatoms. The smallest absolute Gasteiger partial charge is 0.0804 e. The largest absolute Gasteiger partial charge is 0.369 e. The summed E-state index contributed by atoms with van der Waals surface area (Å²) in [6, 6.07) is 18.9. The topological polar surface area (TPSA) is 9.23 Å². The molecular formula is C17H16O. The molecule has 0 amide bonds. The fourth-order valence-electron chi connectivity index (χ4n) is 2.28. The highest BCUT2D eigenvalue weighted by Gasteiger charge is 2.15. The Hall–Kier alpha value is -1.86. The van der Waals surface area contributed by atoms with Crippen molar-refractivity contribution < 1.29 is 4.74 Å². The average molecular weight is 236 g/mol. The maximum absolute atomic E-state index is 5.84. The van der Waals surface area contributed by atoms with E-state index in [1.165, 1.54) is 16.7 Å². The van der Waals surface area contributed by atoms with E-state index < -0.39 is 0 Å². The molecule has 1 nitrogen and oxygen atoms in total. The summed E-state index contributed by atoms with van der Waals surface area (Å²) in [5.41, 5.74) is 3.95. The molecule has 1 aliphatic heterocycles. The predicted molar refractivity (Wildman–Crippen MR) is 74.2 cm³/mol. The number of hydrogen-bond acceptors (Lipinski definition) is 1. The Bertz CT molecular complexity index is 543. The van der Waals surface area contributed by atoms with Crippen LogP contribution in [0.3, 0.4) is 0 Å². The van der Waals surface area contributed by atoms with E-state index in [4.69, 9.17) is 4.74 Å². The third kappa shape index (κ3) is 2.52. The first-order chi connectivity index (χ1) is 8.92. The zero-order valence-corrected chi connectivity index (χ0v) is 10.3. The lowest BCUT2D eigenvalue weighted by atomic mass is 9.99. The summed E-state index contributed by atoms with van der Waals surface area (Å²) in [6.45, 7) is 0.722. The third-order valence-corrected chi connectivity index (χ3v) is 3.30. The molecular weight excluding hydrogens is 220 g/mol. The van der Waals surface area contributed by atoms with E-state index in [1.807, 2.05) is 6.07 Å². The van der Waals surface area contributed by atoms with Crippen molar-refractivity contribution in [2.45, 2.75) is 19.1 Å². The zero-order chi connectivity index (χ0) is 12.2. The monoisotopic (exact) mass is 236 g/mol. The number of ether oxygens (including phenoxy) is 1. The van der Waals surface area contributed by atoms with Gasteiger partial charge in [0.25, 0.3) is 0 Å². The van der Waals surface area contributed by atoms with E-state index >= 15 is 0 Å². The summed E-state index contributed by atoms with van der Waals surface area (Å²) in [4.78, 5) is 0. The molecule has 0 aromatic heterocycles. The molecule has 2 aromatic rings. The van der Waals surface area contributed by atoms with Gasteiger partial charge < -0.3 is 4.74 Å². The molecule has 1 heterocycles. The normalized spacial score (nSPS) is 18.8. The van der Waals surface area contributed by atoms with Crippen molar-refractivity contribution >= 4 is 6.08 Å². The molecule has 0 saturated carbocycles. The minimum Gasteiger partial charge on any atom is -0.369 e. The molecule has 0 aliphatic carbocycles. The number of hydrogen-bond donors (Lipinski definition) is 0. The van der Waals surface area contributed by atoms with Crippen LogP contribution in [0, 0.1) is 0 Å². The van der Waals surface area contributed by atoms with Gasteiger partial charge in [-0.05, 0) is 16.7 Å². The molecule has 0 N–H and O–H groups in total. The van der Waals surface area contributed by atoms with Crippen molar-refractivity contribution in [3.05, 3.63) is 77.4 Å². The van der Waals surface area contributed by atoms with Gasteiger partial charge in [0.05, 0.1) is 12.7 Å². The first kappa shape index (κ1) is 11.2. The van der Waals surface area contributed by atoms with Gasteiger partial charge in [-0.2, -0.15) is 0 Å². The maximum atomic E-state index is 5.84.